The van der Waals surface area contributed by atoms with E-state index in [1.54, 1.807) is 30.3 Å². The number of oxime groups is 1. The predicted molar refractivity (Wildman–Crippen MR) is 150 cm³/mol. The SMILES string of the molecule is C=CCOC(=O)Nc1nc(/C(=N/OC)C(=O)N[C@H]2CN3CC(C(=O)c4ccccc4)=C(C(C=C)C(=O)O)N3C2=O)cs1. The maximum atomic E-state index is 13.6. The molecule has 15 heteroatoms. The van der Waals surface area contributed by atoms with E-state index in [1.807, 2.05) is 0 Å². The van der Waals surface area contributed by atoms with Crippen molar-refractivity contribution in [1.29, 1.82) is 0 Å². The third kappa shape index (κ3) is 6.11. The number of anilines is 1. The molecule has 0 radical (unpaired) electrons. The van der Waals surface area contributed by atoms with E-state index in [1.165, 1.54) is 23.6 Å². The van der Waals surface area contributed by atoms with E-state index < -0.39 is 41.6 Å². The quantitative estimate of drug-likeness (QED) is 0.142. The number of carboxylic acid groups (broad SMARTS) is 1. The number of fused-ring (bicyclic) bond motifs is 1. The largest absolute Gasteiger partial charge is 0.481 e. The Balaban J connectivity index is 1.55. The molecule has 3 heterocycles. The highest BCUT2D eigenvalue weighted by Gasteiger charge is 2.50. The lowest BCUT2D eigenvalue weighted by Crippen LogP contribution is -2.46. The Bertz CT molecular complexity index is 1500. The molecule has 1 unspecified atom stereocenters. The minimum absolute atomic E-state index is 0.00880. The number of rotatable bonds is 12. The number of benzene rings is 1. The fourth-order valence-corrected chi connectivity index (χ4v) is 5.06. The third-order valence-corrected chi connectivity index (χ3v) is 6.92. The van der Waals surface area contributed by atoms with Gasteiger partial charge in [-0.2, -0.15) is 0 Å². The molecule has 0 bridgehead atoms. The number of nitrogens with zero attached hydrogens (tertiary/aromatic N) is 4. The van der Waals surface area contributed by atoms with Crippen molar-refractivity contribution in [3.63, 3.8) is 0 Å². The van der Waals surface area contributed by atoms with E-state index in [-0.39, 0.29) is 47.5 Å². The first kappa shape index (κ1) is 29.8. The predicted octanol–water partition coefficient (Wildman–Crippen LogP) is 1.81. The molecular formula is C27H26N6O8S. The van der Waals surface area contributed by atoms with Crippen LogP contribution in [0.25, 0.3) is 0 Å². The number of aromatic nitrogens is 1. The van der Waals surface area contributed by atoms with Gasteiger partial charge in [-0.1, -0.05) is 54.2 Å². The molecule has 14 nitrogen and oxygen atoms in total. The van der Waals surface area contributed by atoms with Gasteiger partial charge in [-0.25, -0.2) is 19.8 Å². The highest BCUT2D eigenvalue weighted by molar-refractivity contribution is 7.14. The molecule has 2 aliphatic heterocycles. The van der Waals surface area contributed by atoms with Crippen LogP contribution < -0.4 is 10.6 Å². The summed E-state index contributed by atoms with van der Waals surface area (Å²) in [5.74, 6) is -4.53. The number of ketones is 1. The molecule has 0 aliphatic carbocycles. The summed E-state index contributed by atoms with van der Waals surface area (Å²) in [6.45, 7) is 6.92. The highest BCUT2D eigenvalue weighted by Crippen LogP contribution is 2.36. The van der Waals surface area contributed by atoms with Crippen LogP contribution in [0.3, 0.4) is 0 Å². The molecule has 2 atom stereocenters. The van der Waals surface area contributed by atoms with Gasteiger partial charge in [-0.15, -0.1) is 17.9 Å². The average molecular weight is 595 g/mol. The minimum Gasteiger partial charge on any atom is -0.481 e. The molecule has 4 rings (SSSR count). The monoisotopic (exact) mass is 594 g/mol. The van der Waals surface area contributed by atoms with Crippen molar-refractivity contribution in [3.8, 4) is 0 Å². The Hall–Kier alpha value is -5.15. The van der Waals surface area contributed by atoms with E-state index >= 15 is 0 Å². The Morgan fingerprint density at radius 1 is 1.26 bits per heavy atom. The number of nitrogens with one attached hydrogen (secondary N) is 2. The Morgan fingerprint density at radius 3 is 2.64 bits per heavy atom. The number of carboxylic acids is 1. The number of hydrogen-bond donors (Lipinski definition) is 3. The van der Waals surface area contributed by atoms with Gasteiger partial charge >= 0.3 is 12.1 Å². The summed E-state index contributed by atoms with van der Waals surface area (Å²) in [5, 5.41) is 22.8. The summed E-state index contributed by atoms with van der Waals surface area (Å²) < 4.78 is 4.84. The molecule has 0 saturated carbocycles. The lowest BCUT2D eigenvalue weighted by atomic mass is 9.95. The molecule has 1 saturated heterocycles. The molecule has 1 aromatic heterocycles. The van der Waals surface area contributed by atoms with Gasteiger partial charge in [0.15, 0.2) is 16.6 Å². The molecule has 218 valence electrons. The zero-order valence-corrected chi connectivity index (χ0v) is 23.1. The lowest BCUT2D eigenvalue weighted by molar-refractivity contribution is -0.141. The zero-order chi connectivity index (χ0) is 30.4. The number of carbonyl (C=O) groups is 5. The Labute approximate surface area is 243 Å². The van der Waals surface area contributed by atoms with Gasteiger partial charge in [0.1, 0.15) is 31.4 Å². The van der Waals surface area contributed by atoms with Crippen molar-refractivity contribution in [3.05, 3.63) is 83.5 Å². The van der Waals surface area contributed by atoms with Crippen molar-refractivity contribution in [2.45, 2.75) is 6.04 Å². The van der Waals surface area contributed by atoms with Gasteiger partial charge in [0.2, 0.25) is 0 Å². The Morgan fingerprint density at radius 2 is 2.00 bits per heavy atom. The van der Waals surface area contributed by atoms with Crippen LogP contribution in [0, 0.1) is 5.92 Å². The van der Waals surface area contributed by atoms with Crippen LogP contribution in [0.15, 0.2) is 77.4 Å². The Kier molecular flexibility index (Phi) is 9.24. The number of amides is 3. The highest BCUT2D eigenvalue weighted by atomic mass is 32.1. The fourth-order valence-electron chi connectivity index (χ4n) is 4.38. The maximum Gasteiger partial charge on any atom is 0.413 e. The number of carbonyl (C=O) groups excluding carboxylic acids is 4. The standard InChI is InChI=1S/C27H26N6O8S/c1-4-11-41-27(39)30-26-29-19(14-42-26)20(31-40-3)23(35)28-18-13-32-12-17(22(34)15-9-7-6-8-10-15)21(33(32)24(18)36)16(5-2)25(37)38/h4-10,14,16,18H,1-2,11-13H2,3H3,(H,28,35)(H,37,38)(H,29,30,39)/b31-20-/t16?,18-/m0/s1. The van der Waals surface area contributed by atoms with E-state index in [9.17, 15) is 29.1 Å². The topological polar surface area (TPSA) is 180 Å². The van der Waals surface area contributed by atoms with Gasteiger partial charge in [0.05, 0.1) is 5.70 Å². The number of hydrogen-bond acceptors (Lipinski definition) is 11. The first-order valence-corrected chi connectivity index (χ1v) is 13.3. The van der Waals surface area contributed by atoms with Crippen molar-refractivity contribution in [1.82, 2.24) is 20.3 Å². The summed E-state index contributed by atoms with van der Waals surface area (Å²) in [4.78, 5) is 73.0. The molecule has 2 aromatic rings. The van der Waals surface area contributed by atoms with Crippen LogP contribution in [0.1, 0.15) is 16.1 Å². The normalized spacial score (nSPS) is 17.4. The van der Waals surface area contributed by atoms with Crippen LogP contribution in [0.4, 0.5) is 9.93 Å². The summed E-state index contributed by atoms with van der Waals surface area (Å²) in [6.07, 6.45) is 1.76. The van der Waals surface area contributed by atoms with Crippen molar-refractivity contribution < 1.29 is 38.7 Å². The molecule has 1 aromatic carbocycles. The first-order chi connectivity index (χ1) is 20.2. The summed E-state index contributed by atoms with van der Waals surface area (Å²) in [5.41, 5.74) is 0.226. The van der Waals surface area contributed by atoms with Crippen LogP contribution in [-0.2, 0) is 24.0 Å². The van der Waals surface area contributed by atoms with Crippen molar-refractivity contribution in [2.75, 3.05) is 32.1 Å². The molecule has 2 aliphatic rings. The molecule has 3 N–H and O–H groups in total. The fraction of sp³-hybridized carbons (Fsp3) is 0.222. The van der Waals surface area contributed by atoms with Gasteiger partial charge in [-0.3, -0.25) is 24.5 Å². The smallest absolute Gasteiger partial charge is 0.413 e. The molecule has 42 heavy (non-hydrogen) atoms. The second-order valence-corrected chi connectivity index (χ2v) is 9.66. The number of ether oxygens (including phenoxy) is 1. The van der Waals surface area contributed by atoms with Crippen LogP contribution >= 0.6 is 11.3 Å². The lowest BCUT2D eigenvalue weighted by Gasteiger charge is -2.24. The maximum absolute atomic E-state index is 13.6. The number of aliphatic carboxylic acids is 1. The first-order valence-electron chi connectivity index (χ1n) is 12.4. The average Bonchev–Trinajstić information content (AvgIpc) is 3.66. The number of hydrazine groups is 1. The van der Waals surface area contributed by atoms with Crippen LogP contribution in [0.5, 0.6) is 0 Å². The number of thiazole rings is 1. The third-order valence-electron chi connectivity index (χ3n) is 6.16. The summed E-state index contributed by atoms with van der Waals surface area (Å²) in [7, 11) is 1.22. The van der Waals surface area contributed by atoms with Gasteiger partial charge < -0.3 is 20.0 Å². The summed E-state index contributed by atoms with van der Waals surface area (Å²) >= 11 is 0.998. The van der Waals surface area contributed by atoms with Gasteiger partial charge in [-0.05, 0) is 0 Å². The van der Waals surface area contributed by atoms with E-state index in [0.717, 1.165) is 22.4 Å². The van der Waals surface area contributed by atoms with E-state index in [0.29, 0.717) is 5.56 Å². The van der Waals surface area contributed by atoms with Crippen LogP contribution in [0.2, 0.25) is 0 Å². The summed E-state index contributed by atoms with van der Waals surface area (Å²) in [6, 6.07) is 7.18. The molecular weight excluding hydrogens is 568 g/mol. The second kappa shape index (κ2) is 13.0. The molecule has 0 spiro atoms. The molecule has 1 fully saturated rings. The second-order valence-electron chi connectivity index (χ2n) is 8.81. The van der Waals surface area contributed by atoms with E-state index in [4.69, 9.17) is 9.57 Å². The van der Waals surface area contributed by atoms with Gasteiger partial charge in [0.25, 0.3) is 11.8 Å². The van der Waals surface area contributed by atoms with Crippen molar-refractivity contribution >= 4 is 51.8 Å². The van der Waals surface area contributed by atoms with Crippen LogP contribution in [-0.4, -0.2) is 88.3 Å². The zero-order valence-electron chi connectivity index (χ0n) is 22.3. The van der Waals surface area contributed by atoms with Crippen molar-refractivity contribution in [2.24, 2.45) is 11.1 Å². The van der Waals surface area contributed by atoms with Gasteiger partial charge in [0, 0.05) is 29.6 Å². The number of Topliss-reactive ketones (excluding diaryl/α,β-unsaturated/α-hetero) is 1. The minimum atomic E-state index is -1.36. The van der Waals surface area contributed by atoms with E-state index in [2.05, 4.69) is 33.9 Å². The molecule has 3 amide bonds.